The summed E-state index contributed by atoms with van der Waals surface area (Å²) in [5.74, 6) is -0.194. The van der Waals surface area contributed by atoms with Gasteiger partial charge < -0.3 is 5.32 Å². The summed E-state index contributed by atoms with van der Waals surface area (Å²) in [6, 6.07) is 5.95. The summed E-state index contributed by atoms with van der Waals surface area (Å²) in [5.41, 5.74) is -0.905. The highest BCUT2D eigenvalue weighted by Gasteiger charge is 2.30. The normalized spacial score (nSPS) is 13.9. The SMILES string of the molecule is CCC(C)(C#N)C(=O)NCc1cccs1. The van der Waals surface area contributed by atoms with Gasteiger partial charge in [-0.1, -0.05) is 13.0 Å². The zero-order chi connectivity index (χ0) is 11.3. The second-order valence-electron chi connectivity index (χ2n) is 3.56. The van der Waals surface area contributed by atoms with E-state index < -0.39 is 5.41 Å². The maximum Gasteiger partial charge on any atom is 0.240 e. The average molecular weight is 222 g/mol. The summed E-state index contributed by atoms with van der Waals surface area (Å²) in [6.45, 7) is 4.01. The molecule has 0 saturated carbocycles. The highest BCUT2D eigenvalue weighted by atomic mass is 32.1. The largest absolute Gasteiger partial charge is 0.350 e. The van der Waals surface area contributed by atoms with Gasteiger partial charge in [0.2, 0.25) is 5.91 Å². The van der Waals surface area contributed by atoms with E-state index in [0.717, 1.165) is 4.88 Å². The lowest BCUT2D eigenvalue weighted by molar-refractivity contribution is -0.127. The van der Waals surface area contributed by atoms with Crippen molar-refractivity contribution in [2.45, 2.75) is 26.8 Å². The number of carbonyl (C=O) groups excluding carboxylic acids is 1. The second-order valence-corrected chi connectivity index (χ2v) is 4.59. The van der Waals surface area contributed by atoms with Crippen LogP contribution in [0.15, 0.2) is 17.5 Å². The molecule has 1 aromatic rings. The van der Waals surface area contributed by atoms with E-state index in [1.165, 1.54) is 0 Å². The second kappa shape index (κ2) is 4.94. The first-order chi connectivity index (χ1) is 7.12. The number of nitrogens with zero attached hydrogens (tertiary/aromatic N) is 1. The van der Waals surface area contributed by atoms with Crippen LogP contribution in [0.5, 0.6) is 0 Å². The fraction of sp³-hybridized carbons (Fsp3) is 0.455. The Morgan fingerprint density at radius 2 is 2.47 bits per heavy atom. The minimum absolute atomic E-state index is 0.194. The third-order valence-corrected chi connectivity index (χ3v) is 3.33. The van der Waals surface area contributed by atoms with Crippen molar-refractivity contribution in [3.63, 3.8) is 0 Å². The number of hydrogen-bond acceptors (Lipinski definition) is 3. The molecule has 0 fully saturated rings. The number of carbonyl (C=O) groups is 1. The molecule has 0 aliphatic heterocycles. The zero-order valence-electron chi connectivity index (χ0n) is 8.91. The van der Waals surface area contributed by atoms with Crippen LogP contribution in [0.1, 0.15) is 25.1 Å². The molecule has 1 aromatic heterocycles. The summed E-state index contributed by atoms with van der Waals surface area (Å²) in [5, 5.41) is 13.6. The van der Waals surface area contributed by atoms with Gasteiger partial charge in [0.1, 0.15) is 5.41 Å². The first-order valence-electron chi connectivity index (χ1n) is 4.84. The predicted octanol–water partition coefficient (Wildman–Crippen LogP) is 2.30. The van der Waals surface area contributed by atoms with Crippen molar-refractivity contribution in [1.82, 2.24) is 5.32 Å². The van der Waals surface area contributed by atoms with Crippen molar-refractivity contribution in [2.24, 2.45) is 5.41 Å². The van der Waals surface area contributed by atoms with Crippen LogP contribution >= 0.6 is 11.3 Å². The Morgan fingerprint density at radius 3 is 2.93 bits per heavy atom. The molecule has 0 saturated heterocycles. The summed E-state index contributed by atoms with van der Waals surface area (Å²) >= 11 is 1.59. The van der Waals surface area contributed by atoms with E-state index in [9.17, 15) is 4.79 Å². The van der Waals surface area contributed by atoms with Crippen molar-refractivity contribution in [3.05, 3.63) is 22.4 Å². The Morgan fingerprint density at radius 1 is 1.73 bits per heavy atom. The van der Waals surface area contributed by atoms with Gasteiger partial charge in [-0.15, -0.1) is 11.3 Å². The van der Waals surface area contributed by atoms with Gasteiger partial charge in [-0.25, -0.2) is 0 Å². The van der Waals surface area contributed by atoms with Crippen molar-refractivity contribution in [1.29, 1.82) is 5.26 Å². The topological polar surface area (TPSA) is 52.9 Å². The van der Waals surface area contributed by atoms with Gasteiger partial charge in [-0.2, -0.15) is 5.26 Å². The van der Waals surface area contributed by atoms with Crippen molar-refractivity contribution >= 4 is 17.2 Å². The molecule has 1 unspecified atom stereocenters. The standard InChI is InChI=1S/C11H14N2OS/c1-3-11(2,8-12)10(14)13-7-9-5-4-6-15-9/h4-6H,3,7H2,1-2H3,(H,13,14). The molecular formula is C11H14N2OS. The molecule has 0 spiro atoms. The van der Waals surface area contributed by atoms with E-state index in [2.05, 4.69) is 5.32 Å². The average Bonchev–Trinajstić information content (AvgIpc) is 2.77. The molecule has 80 valence electrons. The van der Waals surface area contributed by atoms with Crippen LogP contribution in [0.4, 0.5) is 0 Å². The van der Waals surface area contributed by atoms with E-state index in [-0.39, 0.29) is 5.91 Å². The lowest BCUT2D eigenvalue weighted by atomic mass is 9.88. The highest BCUT2D eigenvalue weighted by Crippen LogP contribution is 2.20. The van der Waals surface area contributed by atoms with Gasteiger partial charge in [-0.3, -0.25) is 4.79 Å². The number of rotatable bonds is 4. The third-order valence-electron chi connectivity index (χ3n) is 2.46. The number of nitrogens with one attached hydrogen (secondary N) is 1. The first-order valence-corrected chi connectivity index (χ1v) is 5.72. The molecule has 0 aliphatic carbocycles. The monoisotopic (exact) mass is 222 g/mol. The molecule has 1 N–H and O–H groups in total. The van der Waals surface area contributed by atoms with E-state index >= 15 is 0 Å². The molecule has 15 heavy (non-hydrogen) atoms. The Balaban J connectivity index is 2.53. The maximum atomic E-state index is 11.7. The van der Waals surface area contributed by atoms with E-state index in [1.807, 2.05) is 30.5 Å². The zero-order valence-corrected chi connectivity index (χ0v) is 9.73. The molecule has 0 radical (unpaired) electrons. The summed E-state index contributed by atoms with van der Waals surface area (Å²) in [4.78, 5) is 12.8. The van der Waals surface area contributed by atoms with Gasteiger partial charge in [0.25, 0.3) is 0 Å². The Bertz CT molecular complexity index is 366. The van der Waals surface area contributed by atoms with Crippen LogP contribution < -0.4 is 5.32 Å². The van der Waals surface area contributed by atoms with E-state index in [0.29, 0.717) is 13.0 Å². The number of thiophene rings is 1. The Labute approximate surface area is 93.7 Å². The van der Waals surface area contributed by atoms with Gasteiger partial charge in [0, 0.05) is 4.88 Å². The summed E-state index contributed by atoms with van der Waals surface area (Å²) < 4.78 is 0. The van der Waals surface area contributed by atoms with E-state index in [4.69, 9.17) is 5.26 Å². The Hall–Kier alpha value is -1.34. The molecule has 3 nitrogen and oxygen atoms in total. The van der Waals surface area contributed by atoms with Crippen LogP contribution in [0, 0.1) is 16.7 Å². The molecule has 4 heteroatoms. The quantitative estimate of drug-likeness (QED) is 0.849. The molecule has 1 atom stereocenters. The van der Waals surface area contributed by atoms with E-state index in [1.54, 1.807) is 18.3 Å². The fourth-order valence-electron chi connectivity index (χ4n) is 1.07. The molecule has 1 amide bonds. The molecule has 0 aromatic carbocycles. The Kier molecular flexibility index (Phi) is 3.87. The lowest BCUT2D eigenvalue weighted by Gasteiger charge is -2.17. The highest BCUT2D eigenvalue weighted by molar-refractivity contribution is 7.09. The number of nitriles is 1. The molecule has 1 heterocycles. The lowest BCUT2D eigenvalue weighted by Crippen LogP contribution is -2.37. The minimum atomic E-state index is -0.905. The smallest absolute Gasteiger partial charge is 0.240 e. The predicted molar refractivity (Wildman–Crippen MR) is 60.2 cm³/mol. The molecular weight excluding hydrogens is 208 g/mol. The van der Waals surface area contributed by atoms with Crippen molar-refractivity contribution in [3.8, 4) is 6.07 Å². The number of hydrogen-bond donors (Lipinski definition) is 1. The van der Waals surface area contributed by atoms with Gasteiger partial charge in [0.05, 0.1) is 12.6 Å². The molecule has 0 aliphatic rings. The van der Waals surface area contributed by atoms with Gasteiger partial charge in [0.15, 0.2) is 0 Å². The van der Waals surface area contributed by atoms with Crippen LogP contribution in [0.2, 0.25) is 0 Å². The van der Waals surface area contributed by atoms with Crippen molar-refractivity contribution in [2.75, 3.05) is 0 Å². The van der Waals surface area contributed by atoms with Crippen LogP contribution in [-0.2, 0) is 11.3 Å². The van der Waals surface area contributed by atoms with Crippen LogP contribution in [0.25, 0.3) is 0 Å². The van der Waals surface area contributed by atoms with Crippen LogP contribution in [0.3, 0.4) is 0 Å². The third kappa shape index (κ3) is 2.80. The summed E-state index contributed by atoms with van der Waals surface area (Å²) in [6.07, 6.45) is 0.528. The molecule has 0 bridgehead atoms. The first kappa shape index (κ1) is 11.7. The minimum Gasteiger partial charge on any atom is -0.350 e. The fourth-order valence-corrected chi connectivity index (χ4v) is 1.71. The number of amides is 1. The molecule has 1 rings (SSSR count). The van der Waals surface area contributed by atoms with Gasteiger partial charge >= 0.3 is 0 Å². The van der Waals surface area contributed by atoms with Gasteiger partial charge in [-0.05, 0) is 24.8 Å². The maximum absolute atomic E-state index is 11.7. The van der Waals surface area contributed by atoms with Crippen molar-refractivity contribution < 1.29 is 4.79 Å². The van der Waals surface area contributed by atoms with Crippen LogP contribution in [-0.4, -0.2) is 5.91 Å². The summed E-state index contributed by atoms with van der Waals surface area (Å²) in [7, 11) is 0.